The molecule has 1 amide bonds. The summed E-state index contributed by atoms with van der Waals surface area (Å²) in [6, 6.07) is 5.93. The second kappa shape index (κ2) is 6.31. The first-order chi connectivity index (χ1) is 9.99. The summed E-state index contributed by atoms with van der Waals surface area (Å²) in [5, 5.41) is 1.12. The fraction of sp³-hybridized carbons (Fsp3) is 0.471. The number of nitrogens with zero attached hydrogens (tertiary/aromatic N) is 1. The van der Waals surface area contributed by atoms with Crippen molar-refractivity contribution >= 4 is 16.8 Å². The van der Waals surface area contributed by atoms with Crippen LogP contribution in [0.5, 0.6) is 0 Å². The summed E-state index contributed by atoms with van der Waals surface area (Å²) >= 11 is 0. The van der Waals surface area contributed by atoms with Gasteiger partial charge in [0.25, 0.3) is 5.91 Å². The maximum Gasteiger partial charge on any atom is 0.254 e. The second-order valence-corrected chi connectivity index (χ2v) is 5.53. The van der Waals surface area contributed by atoms with Gasteiger partial charge in [0.15, 0.2) is 0 Å². The van der Waals surface area contributed by atoms with Gasteiger partial charge >= 0.3 is 0 Å². The van der Waals surface area contributed by atoms with E-state index >= 15 is 0 Å². The van der Waals surface area contributed by atoms with Gasteiger partial charge in [-0.25, -0.2) is 0 Å². The molecule has 1 atom stereocenters. The van der Waals surface area contributed by atoms with Crippen LogP contribution in [0.4, 0.5) is 0 Å². The molecule has 4 heteroatoms. The maximum atomic E-state index is 12.7. The number of fused-ring (bicyclic) bond motifs is 1. The molecule has 0 aliphatic carbocycles. The minimum atomic E-state index is 0.0576. The summed E-state index contributed by atoms with van der Waals surface area (Å²) in [5.41, 5.74) is 4.16. The Labute approximate surface area is 126 Å². The normalized spacial score (nSPS) is 12.6. The third-order valence-corrected chi connectivity index (χ3v) is 4.10. The Morgan fingerprint density at radius 1 is 1.38 bits per heavy atom. The lowest BCUT2D eigenvalue weighted by Crippen LogP contribution is -2.40. The lowest BCUT2D eigenvalue weighted by molar-refractivity contribution is 0.0579. The highest BCUT2D eigenvalue weighted by molar-refractivity contribution is 5.99. The number of carbonyl (C=O) groups is 1. The van der Waals surface area contributed by atoms with Gasteiger partial charge in [-0.15, -0.1) is 0 Å². The molecule has 0 saturated carbocycles. The zero-order chi connectivity index (χ0) is 15.6. The molecular formula is C17H24N2O2. The fourth-order valence-corrected chi connectivity index (χ4v) is 2.75. The van der Waals surface area contributed by atoms with E-state index in [1.165, 1.54) is 5.56 Å². The van der Waals surface area contributed by atoms with Gasteiger partial charge in [-0.3, -0.25) is 4.79 Å². The average Bonchev–Trinajstić information content (AvgIpc) is 2.75. The van der Waals surface area contributed by atoms with Crippen molar-refractivity contribution in [3.05, 3.63) is 35.0 Å². The first-order valence-corrected chi connectivity index (χ1v) is 7.38. The van der Waals surface area contributed by atoms with E-state index < -0.39 is 0 Å². The standard InChI is InChI=1S/C17H24N2O2/c1-6-19(11(2)10-21-5)17(20)14-7-8-16-15(9-14)12(3)13(4)18-16/h7-9,11,18H,6,10H2,1-5H3. The molecule has 0 bridgehead atoms. The molecule has 1 heterocycles. The van der Waals surface area contributed by atoms with Crippen molar-refractivity contribution in [2.45, 2.75) is 33.7 Å². The molecule has 21 heavy (non-hydrogen) atoms. The number of rotatable bonds is 5. The van der Waals surface area contributed by atoms with Crippen molar-refractivity contribution in [2.24, 2.45) is 0 Å². The number of H-pyrrole nitrogens is 1. The Morgan fingerprint density at radius 3 is 2.71 bits per heavy atom. The molecule has 1 N–H and O–H groups in total. The highest BCUT2D eigenvalue weighted by atomic mass is 16.5. The molecule has 114 valence electrons. The zero-order valence-electron chi connectivity index (χ0n) is 13.5. The number of benzene rings is 1. The largest absolute Gasteiger partial charge is 0.383 e. The van der Waals surface area contributed by atoms with Crippen molar-refractivity contribution in [1.82, 2.24) is 9.88 Å². The number of aromatic amines is 1. The van der Waals surface area contributed by atoms with Crippen LogP contribution in [0, 0.1) is 13.8 Å². The number of nitrogens with one attached hydrogen (secondary N) is 1. The zero-order valence-corrected chi connectivity index (χ0v) is 13.5. The predicted molar refractivity (Wildman–Crippen MR) is 85.8 cm³/mol. The number of hydrogen-bond donors (Lipinski definition) is 1. The fourth-order valence-electron chi connectivity index (χ4n) is 2.75. The monoisotopic (exact) mass is 288 g/mol. The molecule has 0 radical (unpaired) electrons. The molecule has 2 rings (SSSR count). The molecule has 0 saturated heterocycles. The third-order valence-electron chi connectivity index (χ3n) is 4.10. The van der Waals surface area contributed by atoms with E-state index in [2.05, 4.69) is 18.8 Å². The molecular weight excluding hydrogens is 264 g/mol. The van der Waals surface area contributed by atoms with Crippen molar-refractivity contribution in [1.29, 1.82) is 0 Å². The molecule has 1 unspecified atom stereocenters. The smallest absolute Gasteiger partial charge is 0.254 e. The summed E-state index contributed by atoms with van der Waals surface area (Å²) in [4.78, 5) is 17.9. The minimum absolute atomic E-state index is 0.0576. The summed E-state index contributed by atoms with van der Waals surface area (Å²) < 4.78 is 5.17. The number of likely N-dealkylation sites (N-methyl/N-ethyl adjacent to an activating group) is 1. The Kier molecular flexibility index (Phi) is 4.68. The molecule has 1 aromatic heterocycles. The van der Waals surface area contributed by atoms with E-state index in [-0.39, 0.29) is 11.9 Å². The van der Waals surface area contributed by atoms with Gasteiger partial charge in [-0.2, -0.15) is 0 Å². The number of ether oxygens (including phenoxy) is 1. The highest BCUT2D eigenvalue weighted by Crippen LogP contribution is 2.23. The van der Waals surface area contributed by atoms with Crippen LogP contribution in [0.15, 0.2) is 18.2 Å². The second-order valence-electron chi connectivity index (χ2n) is 5.53. The molecule has 0 aliphatic rings. The van der Waals surface area contributed by atoms with E-state index in [4.69, 9.17) is 4.74 Å². The first kappa shape index (κ1) is 15.6. The van der Waals surface area contributed by atoms with Crippen LogP contribution in [0.3, 0.4) is 0 Å². The predicted octanol–water partition coefficient (Wildman–Crippen LogP) is 3.28. The van der Waals surface area contributed by atoms with E-state index in [1.807, 2.05) is 36.9 Å². The van der Waals surface area contributed by atoms with Gasteiger partial charge in [-0.05, 0) is 51.5 Å². The van der Waals surface area contributed by atoms with E-state index in [0.29, 0.717) is 13.2 Å². The molecule has 0 spiro atoms. The van der Waals surface area contributed by atoms with Crippen LogP contribution >= 0.6 is 0 Å². The van der Waals surface area contributed by atoms with E-state index in [1.54, 1.807) is 7.11 Å². The van der Waals surface area contributed by atoms with Crippen LogP contribution in [0.1, 0.15) is 35.5 Å². The Morgan fingerprint density at radius 2 is 2.10 bits per heavy atom. The quantitative estimate of drug-likeness (QED) is 0.917. The van der Waals surface area contributed by atoms with Crippen LogP contribution in [0.25, 0.3) is 10.9 Å². The van der Waals surface area contributed by atoms with Gasteiger partial charge in [0.2, 0.25) is 0 Å². The Balaban J connectivity index is 2.35. The molecule has 4 nitrogen and oxygen atoms in total. The number of hydrogen-bond acceptors (Lipinski definition) is 2. The van der Waals surface area contributed by atoms with Crippen LogP contribution in [-0.2, 0) is 4.74 Å². The topological polar surface area (TPSA) is 45.3 Å². The highest BCUT2D eigenvalue weighted by Gasteiger charge is 2.20. The van der Waals surface area contributed by atoms with E-state index in [0.717, 1.165) is 22.2 Å². The van der Waals surface area contributed by atoms with Crippen molar-refractivity contribution < 1.29 is 9.53 Å². The average molecular weight is 288 g/mol. The van der Waals surface area contributed by atoms with Crippen molar-refractivity contribution in [2.75, 3.05) is 20.3 Å². The van der Waals surface area contributed by atoms with Crippen LogP contribution in [-0.4, -0.2) is 42.1 Å². The van der Waals surface area contributed by atoms with Crippen LogP contribution < -0.4 is 0 Å². The number of aryl methyl sites for hydroxylation is 2. The van der Waals surface area contributed by atoms with Crippen molar-refractivity contribution in [3.8, 4) is 0 Å². The Bertz CT molecular complexity index is 646. The maximum absolute atomic E-state index is 12.7. The summed E-state index contributed by atoms with van der Waals surface area (Å²) in [6.07, 6.45) is 0. The lowest BCUT2D eigenvalue weighted by Gasteiger charge is -2.27. The molecule has 0 fully saturated rings. The van der Waals surface area contributed by atoms with E-state index in [9.17, 15) is 4.79 Å². The summed E-state index contributed by atoms with van der Waals surface area (Å²) in [6.45, 7) is 9.35. The third kappa shape index (κ3) is 2.95. The summed E-state index contributed by atoms with van der Waals surface area (Å²) in [7, 11) is 1.66. The van der Waals surface area contributed by atoms with Gasteiger partial charge in [-0.1, -0.05) is 0 Å². The molecule has 1 aromatic carbocycles. The Hall–Kier alpha value is -1.81. The van der Waals surface area contributed by atoms with Gasteiger partial charge in [0, 0.05) is 35.8 Å². The first-order valence-electron chi connectivity index (χ1n) is 7.38. The van der Waals surface area contributed by atoms with Gasteiger partial charge in [0.05, 0.1) is 12.6 Å². The number of carbonyl (C=O) groups excluding carboxylic acids is 1. The SMILES string of the molecule is CCN(C(=O)c1ccc2[nH]c(C)c(C)c2c1)C(C)COC. The summed E-state index contributed by atoms with van der Waals surface area (Å²) in [5.74, 6) is 0.0576. The minimum Gasteiger partial charge on any atom is -0.383 e. The van der Waals surface area contributed by atoms with Gasteiger partial charge < -0.3 is 14.6 Å². The molecule has 0 aliphatic heterocycles. The van der Waals surface area contributed by atoms with Crippen LogP contribution in [0.2, 0.25) is 0 Å². The molecule has 2 aromatic rings. The van der Waals surface area contributed by atoms with Crippen molar-refractivity contribution in [3.63, 3.8) is 0 Å². The van der Waals surface area contributed by atoms with Gasteiger partial charge in [0.1, 0.15) is 0 Å². The number of amides is 1. The number of methoxy groups -OCH3 is 1. The number of aromatic nitrogens is 1. The lowest BCUT2D eigenvalue weighted by atomic mass is 10.1.